The molecule has 1 fully saturated rings. The summed E-state index contributed by atoms with van der Waals surface area (Å²) >= 11 is 0. The zero-order valence-corrected chi connectivity index (χ0v) is 14.0. The van der Waals surface area contributed by atoms with Crippen LogP contribution in [0.15, 0.2) is 18.2 Å². The molecule has 0 aromatic heterocycles. The van der Waals surface area contributed by atoms with Crippen molar-refractivity contribution in [3.8, 4) is 6.07 Å². The highest BCUT2D eigenvalue weighted by molar-refractivity contribution is 5.61. The minimum atomic E-state index is 0.0838. The highest BCUT2D eigenvalue weighted by atomic mass is 15.3. The molecule has 3 heteroatoms. The van der Waals surface area contributed by atoms with Gasteiger partial charge in [-0.1, -0.05) is 26.8 Å². The lowest BCUT2D eigenvalue weighted by molar-refractivity contribution is 0.209. The van der Waals surface area contributed by atoms with Crippen molar-refractivity contribution >= 4 is 5.69 Å². The molecule has 0 aliphatic carbocycles. The Kier molecular flexibility index (Phi) is 4.58. The van der Waals surface area contributed by atoms with Gasteiger partial charge in [-0.15, -0.1) is 0 Å². The maximum Gasteiger partial charge on any atom is 0.101 e. The Morgan fingerprint density at radius 3 is 2.19 bits per heavy atom. The predicted molar refractivity (Wildman–Crippen MR) is 88.8 cm³/mol. The van der Waals surface area contributed by atoms with Gasteiger partial charge in [-0.05, 0) is 37.0 Å². The molecule has 1 aliphatic heterocycles. The Bertz CT molecular complexity index is 526. The maximum absolute atomic E-state index is 9.49. The molecule has 0 unspecified atom stereocenters. The average molecular weight is 285 g/mol. The quantitative estimate of drug-likeness (QED) is 0.834. The number of rotatable bonds is 2. The van der Waals surface area contributed by atoms with E-state index in [0.29, 0.717) is 6.04 Å². The first kappa shape index (κ1) is 15.9. The van der Waals surface area contributed by atoms with Crippen LogP contribution in [0.4, 0.5) is 5.69 Å². The van der Waals surface area contributed by atoms with Gasteiger partial charge < -0.3 is 4.90 Å². The summed E-state index contributed by atoms with van der Waals surface area (Å²) < 4.78 is 0. The van der Waals surface area contributed by atoms with Crippen LogP contribution >= 0.6 is 0 Å². The first-order valence-electron chi connectivity index (χ1n) is 7.86. The zero-order chi connectivity index (χ0) is 15.6. The smallest absolute Gasteiger partial charge is 0.101 e. The van der Waals surface area contributed by atoms with Crippen LogP contribution in [-0.4, -0.2) is 37.1 Å². The average Bonchev–Trinajstić information content (AvgIpc) is 2.45. The normalized spacial score (nSPS) is 17.1. The number of hydrogen-bond acceptors (Lipinski definition) is 3. The fraction of sp³-hybridized carbons (Fsp3) is 0.611. The molecule has 114 valence electrons. The highest BCUT2D eigenvalue weighted by Crippen LogP contribution is 2.29. The van der Waals surface area contributed by atoms with Crippen molar-refractivity contribution in [2.24, 2.45) is 0 Å². The molecule has 1 aliphatic rings. The summed E-state index contributed by atoms with van der Waals surface area (Å²) in [6, 6.07) is 9.35. The van der Waals surface area contributed by atoms with Crippen molar-refractivity contribution in [3.63, 3.8) is 0 Å². The molecule has 1 saturated heterocycles. The first-order valence-corrected chi connectivity index (χ1v) is 7.86. The van der Waals surface area contributed by atoms with Crippen LogP contribution < -0.4 is 4.90 Å². The highest BCUT2D eigenvalue weighted by Gasteiger charge is 2.22. The second-order valence-corrected chi connectivity index (χ2v) is 7.21. The third kappa shape index (κ3) is 3.57. The summed E-state index contributed by atoms with van der Waals surface area (Å²) in [6.45, 7) is 15.2. The van der Waals surface area contributed by atoms with Gasteiger partial charge in [0.05, 0.1) is 11.3 Å². The lowest BCUT2D eigenvalue weighted by Gasteiger charge is -2.38. The molecule has 0 spiro atoms. The van der Waals surface area contributed by atoms with Gasteiger partial charge in [-0.3, -0.25) is 4.90 Å². The van der Waals surface area contributed by atoms with Gasteiger partial charge in [-0.25, -0.2) is 0 Å². The molecule has 0 atom stereocenters. The Morgan fingerprint density at radius 2 is 1.71 bits per heavy atom. The molecule has 3 nitrogen and oxygen atoms in total. The van der Waals surface area contributed by atoms with Crippen molar-refractivity contribution < 1.29 is 0 Å². The van der Waals surface area contributed by atoms with Crippen molar-refractivity contribution in [2.45, 2.75) is 46.1 Å². The zero-order valence-electron chi connectivity index (χ0n) is 14.0. The van der Waals surface area contributed by atoms with Crippen LogP contribution in [0.2, 0.25) is 0 Å². The van der Waals surface area contributed by atoms with Crippen LogP contribution in [-0.2, 0) is 5.41 Å². The van der Waals surface area contributed by atoms with E-state index in [1.807, 2.05) is 0 Å². The first-order chi connectivity index (χ1) is 9.82. The monoisotopic (exact) mass is 285 g/mol. The van der Waals surface area contributed by atoms with Crippen molar-refractivity contribution in [1.29, 1.82) is 5.26 Å². The number of nitriles is 1. The molecule has 0 radical (unpaired) electrons. The van der Waals surface area contributed by atoms with E-state index in [0.717, 1.165) is 37.4 Å². The van der Waals surface area contributed by atoms with Gasteiger partial charge in [0.1, 0.15) is 6.07 Å². The lowest BCUT2D eigenvalue weighted by atomic mass is 9.86. The maximum atomic E-state index is 9.49. The molecule has 0 saturated carbocycles. The summed E-state index contributed by atoms with van der Waals surface area (Å²) in [5, 5.41) is 9.49. The van der Waals surface area contributed by atoms with E-state index in [2.05, 4.69) is 68.7 Å². The largest absolute Gasteiger partial charge is 0.368 e. The fourth-order valence-electron chi connectivity index (χ4n) is 2.85. The fourth-order valence-corrected chi connectivity index (χ4v) is 2.85. The third-order valence-electron chi connectivity index (χ3n) is 4.37. The van der Waals surface area contributed by atoms with Gasteiger partial charge in [-0.2, -0.15) is 5.26 Å². The summed E-state index contributed by atoms with van der Waals surface area (Å²) in [5.74, 6) is 0. The standard InChI is InChI=1S/C18H27N3/c1-14(2)20-8-10-21(11-9-20)17-7-6-16(18(3,4)5)12-15(17)13-19/h6-7,12,14H,8-11H2,1-5H3. The number of piperazine rings is 1. The van der Waals surface area contributed by atoms with Crippen LogP contribution in [0, 0.1) is 11.3 Å². The molecule has 1 aromatic carbocycles. The van der Waals surface area contributed by atoms with E-state index in [-0.39, 0.29) is 5.41 Å². The van der Waals surface area contributed by atoms with Gasteiger partial charge in [0, 0.05) is 32.2 Å². The minimum absolute atomic E-state index is 0.0838. The minimum Gasteiger partial charge on any atom is -0.368 e. The number of benzene rings is 1. The molecule has 0 N–H and O–H groups in total. The van der Waals surface area contributed by atoms with Crippen molar-refractivity contribution in [1.82, 2.24) is 4.90 Å². The molecule has 21 heavy (non-hydrogen) atoms. The molecule has 0 amide bonds. The molecule has 1 heterocycles. The molecule has 1 aromatic rings. The van der Waals surface area contributed by atoms with Gasteiger partial charge in [0.25, 0.3) is 0 Å². The summed E-state index contributed by atoms with van der Waals surface area (Å²) in [6.07, 6.45) is 0. The second-order valence-electron chi connectivity index (χ2n) is 7.21. The van der Waals surface area contributed by atoms with Crippen LogP contribution in [0.25, 0.3) is 0 Å². The van der Waals surface area contributed by atoms with Gasteiger partial charge in [0.15, 0.2) is 0 Å². The van der Waals surface area contributed by atoms with Crippen molar-refractivity contribution in [3.05, 3.63) is 29.3 Å². The molecular formula is C18H27N3. The van der Waals surface area contributed by atoms with E-state index in [9.17, 15) is 5.26 Å². The Balaban J connectivity index is 2.20. The Labute approximate surface area is 129 Å². The van der Waals surface area contributed by atoms with Crippen LogP contribution in [0.1, 0.15) is 45.7 Å². The summed E-state index contributed by atoms with van der Waals surface area (Å²) in [7, 11) is 0. The summed E-state index contributed by atoms with van der Waals surface area (Å²) in [4.78, 5) is 4.84. The van der Waals surface area contributed by atoms with Gasteiger partial charge in [0.2, 0.25) is 0 Å². The van der Waals surface area contributed by atoms with E-state index >= 15 is 0 Å². The van der Waals surface area contributed by atoms with E-state index < -0.39 is 0 Å². The number of anilines is 1. The molecule has 2 rings (SSSR count). The summed E-state index contributed by atoms with van der Waals surface area (Å²) in [5.41, 5.74) is 3.21. The molecular weight excluding hydrogens is 258 g/mol. The molecule has 0 bridgehead atoms. The van der Waals surface area contributed by atoms with Gasteiger partial charge >= 0.3 is 0 Å². The Morgan fingerprint density at radius 1 is 1.10 bits per heavy atom. The number of hydrogen-bond donors (Lipinski definition) is 0. The van der Waals surface area contributed by atoms with E-state index in [1.165, 1.54) is 5.56 Å². The van der Waals surface area contributed by atoms with Crippen LogP contribution in [0.5, 0.6) is 0 Å². The lowest BCUT2D eigenvalue weighted by Crippen LogP contribution is -2.49. The Hall–Kier alpha value is -1.53. The second kappa shape index (κ2) is 6.07. The van der Waals surface area contributed by atoms with E-state index in [4.69, 9.17) is 0 Å². The van der Waals surface area contributed by atoms with E-state index in [1.54, 1.807) is 0 Å². The topological polar surface area (TPSA) is 30.3 Å². The predicted octanol–water partition coefficient (Wildman–Crippen LogP) is 3.39. The SMILES string of the molecule is CC(C)N1CCN(c2ccc(C(C)(C)C)cc2C#N)CC1. The number of nitrogens with zero attached hydrogens (tertiary/aromatic N) is 3. The van der Waals surface area contributed by atoms with Crippen molar-refractivity contribution in [2.75, 3.05) is 31.1 Å². The third-order valence-corrected chi connectivity index (χ3v) is 4.37. The van der Waals surface area contributed by atoms with Crippen LogP contribution in [0.3, 0.4) is 0 Å².